The molecule has 1 aromatic carbocycles. The predicted octanol–water partition coefficient (Wildman–Crippen LogP) is 4.79. The summed E-state index contributed by atoms with van der Waals surface area (Å²) in [5.41, 5.74) is 1.50. The van der Waals surface area contributed by atoms with Gasteiger partial charge >= 0.3 is 0 Å². The predicted molar refractivity (Wildman–Crippen MR) is 111 cm³/mol. The molecule has 0 aliphatic carbocycles. The molecule has 2 aromatic rings. The van der Waals surface area contributed by atoms with Crippen LogP contribution in [0.15, 0.2) is 36.0 Å². The van der Waals surface area contributed by atoms with E-state index in [1.165, 1.54) is 12.4 Å². The van der Waals surface area contributed by atoms with Gasteiger partial charge in [-0.1, -0.05) is 25.9 Å². The van der Waals surface area contributed by atoms with E-state index < -0.39 is 0 Å². The van der Waals surface area contributed by atoms with E-state index >= 15 is 0 Å². The van der Waals surface area contributed by atoms with E-state index in [9.17, 15) is 4.39 Å². The van der Waals surface area contributed by atoms with Crippen molar-refractivity contribution < 1.29 is 14.0 Å². The monoisotopic (exact) mass is 422 g/mol. The molecule has 2 atom stereocenters. The van der Waals surface area contributed by atoms with Gasteiger partial charge in [-0.05, 0) is 31.0 Å². The molecule has 6 nitrogen and oxygen atoms in total. The van der Waals surface area contributed by atoms with Gasteiger partial charge in [0.1, 0.15) is 36.9 Å². The number of hydrogen-bond acceptors (Lipinski definition) is 5. The van der Waals surface area contributed by atoms with Gasteiger partial charge in [0.25, 0.3) is 0 Å². The smallest absolute Gasteiger partial charge is 0.137 e. The highest BCUT2D eigenvalue weighted by atomic mass is 35.5. The average molecular weight is 423 g/mol. The van der Waals surface area contributed by atoms with Crippen molar-refractivity contribution in [3.05, 3.63) is 42.2 Å². The lowest BCUT2D eigenvalue weighted by Crippen LogP contribution is -2.35. The van der Waals surface area contributed by atoms with E-state index in [0.29, 0.717) is 25.3 Å². The maximum absolute atomic E-state index is 13.6. The van der Waals surface area contributed by atoms with Crippen molar-refractivity contribution in [3.8, 4) is 5.75 Å². The van der Waals surface area contributed by atoms with Crippen molar-refractivity contribution in [1.29, 1.82) is 0 Å². The zero-order valence-electron chi connectivity index (χ0n) is 17.1. The van der Waals surface area contributed by atoms with Crippen LogP contribution in [0.4, 0.5) is 4.39 Å². The van der Waals surface area contributed by atoms with E-state index in [1.807, 2.05) is 0 Å². The number of unbranched alkanes of at least 4 members (excludes halogenated alkanes) is 1. The summed E-state index contributed by atoms with van der Waals surface area (Å²) in [7, 11) is 0. The Hall–Kier alpha value is -2.15. The van der Waals surface area contributed by atoms with Crippen LogP contribution in [0.25, 0.3) is 0 Å². The molecule has 1 aromatic heterocycles. The molecule has 0 radical (unpaired) electrons. The van der Waals surface area contributed by atoms with Crippen molar-refractivity contribution >= 4 is 17.3 Å². The number of hydrogen-bond donors (Lipinski definition) is 0. The summed E-state index contributed by atoms with van der Waals surface area (Å²) < 4.78 is 21.4. The summed E-state index contributed by atoms with van der Waals surface area (Å²) >= 11 is 5.73. The largest absolute Gasteiger partial charge is 0.490 e. The molecule has 2 unspecified atom stereocenters. The number of ether oxygens (including phenoxy) is 1. The minimum Gasteiger partial charge on any atom is -0.490 e. The molecule has 0 saturated carbocycles. The average Bonchev–Trinajstić information content (AvgIpc) is 3.31. The van der Waals surface area contributed by atoms with E-state index in [-0.39, 0.29) is 23.4 Å². The van der Waals surface area contributed by atoms with Crippen LogP contribution in [0.5, 0.6) is 5.75 Å². The van der Waals surface area contributed by atoms with E-state index in [0.717, 1.165) is 29.9 Å². The van der Waals surface area contributed by atoms with Crippen molar-refractivity contribution in [2.45, 2.75) is 58.6 Å². The van der Waals surface area contributed by atoms with Gasteiger partial charge in [-0.3, -0.25) is 0 Å². The Morgan fingerprint density at radius 2 is 2.24 bits per heavy atom. The number of oxime groups is 1. The number of alkyl halides is 1. The Morgan fingerprint density at radius 3 is 2.93 bits per heavy atom. The van der Waals surface area contributed by atoms with Crippen LogP contribution in [0, 0.1) is 11.2 Å². The maximum atomic E-state index is 13.6. The number of benzene rings is 1. The topological polar surface area (TPSA) is 61.5 Å². The first-order chi connectivity index (χ1) is 13.9. The Bertz CT molecular complexity index is 821. The molecule has 8 heteroatoms. The van der Waals surface area contributed by atoms with E-state index in [1.54, 1.807) is 23.1 Å². The molecule has 0 N–H and O–H groups in total. The van der Waals surface area contributed by atoms with Gasteiger partial charge in [-0.15, -0.1) is 11.6 Å². The quantitative estimate of drug-likeness (QED) is 0.252. The summed E-state index contributed by atoms with van der Waals surface area (Å²) in [5, 5.41) is 8.85. The SMILES string of the molecule is CC(C)(C)C(=NOCCCCCl)C(CC1Cc2cc(F)ccc2O1)n1cncn1. The van der Waals surface area contributed by atoms with Crippen LogP contribution in [-0.2, 0) is 11.3 Å². The number of aromatic nitrogens is 3. The molecular formula is C21H28ClFN4O2. The van der Waals surface area contributed by atoms with Crippen molar-refractivity contribution in [1.82, 2.24) is 14.8 Å². The first-order valence-corrected chi connectivity index (χ1v) is 10.5. The third-order valence-electron chi connectivity index (χ3n) is 4.87. The Balaban J connectivity index is 1.79. The van der Waals surface area contributed by atoms with Gasteiger partial charge in [0.05, 0.1) is 11.8 Å². The molecule has 158 valence electrons. The number of fused-ring (bicyclic) bond motifs is 1. The van der Waals surface area contributed by atoms with E-state index in [2.05, 4.69) is 36.0 Å². The number of rotatable bonds is 9. The second-order valence-corrected chi connectivity index (χ2v) is 8.66. The molecule has 0 amide bonds. The van der Waals surface area contributed by atoms with Gasteiger partial charge in [-0.25, -0.2) is 14.1 Å². The normalized spacial score (nSPS) is 17.7. The second-order valence-electron chi connectivity index (χ2n) is 8.28. The van der Waals surface area contributed by atoms with Crippen LogP contribution in [0.2, 0.25) is 0 Å². The Kier molecular flexibility index (Phi) is 7.11. The zero-order chi connectivity index (χ0) is 20.9. The van der Waals surface area contributed by atoms with Crippen LogP contribution in [0.1, 0.15) is 51.6 Å². The minimum atomic E-state index is -0.249. The summed E-state index contributed by atoms with van der Waals surface area (Å²) in [4.78, 5) is 9.73. The van der Waals surface area contributed by atoms with Gasteiger partial charge in [0, 0.05) is 29.7 Å². The summed E-state index contributed by atoms with van der Waals surface area (Å²) in [5.74, 6) is 1.10. The van der Waals surface area contributed by atoms with Gasteiger partial charge in [-0.2, -0.15) is 5.10 Å². The summed E-state index contributed by atoms with van der Waals surface area (Å²) in [6.07, 6.45) is 6.09. The molecule has 0 saturated heterocycles. The lowest BCUT2D eigenvalue weighted by Gasteiger charge is -2.29. The second kappa shape index (κ2) is 9.57. The first kappa shape index (κ1) is 21.6. The van der Waals surface area contributed by atoms with Gasteiger partial charge < -0.3 is 9.57 Å². The zero-order valence-corrected chi connectivity index (χ0v) is 17.9. The third kappa shape index (κ3) is 5.69. The standard InChI is InChI=1S/C21H28ClFN4O2/c1-21(2,3)20(26-28-9-5-4-8-22)18(27-14-24-13-25-27)12-17-11-15-10-16(23)6-7-19(15)29-17/h6-7,10,13-14,17-18H,4-5,8-9,11-12H2,1-3H3. The first-order valence-electron chi connectivity index (χ1n) is 9.94. The highest BCUT2D eigenvalue weighted by Crippen LogP contribution is 2.35. The molecule has 0 spiro atoms. The van der Waals surface area contributed by atoms with Crippen LogP contribution in [0.3, 0.4) is 0 Å². The van der Waals surface area contributed by atoms with Crippen LogP contribution in [-0.4, -0.2) is 39.1 Å². The van der Waals surface area contributed by atoms with Crippen molar-refractivity contribution in [2.24, 2.45) is 10.6 Å². The minimum absolute atomic E-state index is 0.107. The molecule has 1 aliphatic heterocycles. The highest BCUT2D eigenvalue weighted by Gasteiger charge is 2.35. The molecule has 0 bridgehead atoms. The van der Waals surface area contributed by atoms with Gasteiger partial charge in [0.2, 0.25) is 0 Å². The Labute approximate surface area is 176 Å². The molecule has 1 aliphatic rings. The lowest BCUT2D eigenvalue weighted by atomic mass is 9.83. The lowest BCUT2D eigenvalue weighted by molar-refractivity contribution is 0.134. The van der Waals surface area contributed by atoms with Crippen LogP contribution >= 0.6 is 11.6 Å². The molecule has 2 heterocycles. The van der Waals surface area contributed by atoms with Gasteiger partial charge in [0.15, 0.2) is 0 Å². The maximum Gasteiger partial charge on any atom is 0.137 e. The van der Waals surface area contributed by atoms with Crippen molar-refractivity contribution in [2.75, 3.05) is 12.5 Å². The molecule has 3 rings (SSSR count). The van der Waals surface area contributed by atoms with Crippen molar-refractivity contribution in [3.63, 3.8) is 0 Å². The third-order valence-corrected chi connectivity index (χ3v) is 5.14. The Morgan fingerprint density at radius 1 is 1.41 bits per heavy atom. The molecule has 29 heavy (non-hydrogen) atoms. The fraction of sp³-hybridized carbons (Fsp3) is 0.571. The fourth-order valence-electron chi connectivity index (χ4n) is 3.47. The molecule has 0 fully saturated rings. The number of nitrogens with zero attached hydrogens (tertiary/aromatic N) is 4. The van der Waals surface area contributed by atoms with Crippen LogP contribution < -0.4 is 4.74 Å². The number of halogens is 2. The highest BCUT2D eigenvalue weighted by molar-refractivity contribution is 6.17. The van der Waals surface area contributed by atoms with E-state index in [4.69, 9.17) is 21.2 Å². The summed E-state index contributed by atoms with van der Waals surface area (Å²) in [6, 6.07) is 4.47. The fourth-order valence-corrected chi connectivity index (χ4v) is 3.66. The summed E-state index contributed by atoms with van der Waals surface area (Å²) in [6.45, 7) is 6.80. The molecular weight excluding hydrogens is 395 g/mol.